The predicted octanol–water partition coefficient (Wildman–Crippen LogP) is 14.7. The van der Waals surface area contributed by atoms with Crippen molar-refractivity contribution in [2.24, 2.45) is 11.8 Å². The summed E-state index contributed by atoms with van der Waals surface area (Å²) in [5, 5.41) is 2.54. The summed E-state index contributed by atoms with van der Waals surface area (Å²) in [7, 11) is 0. The Morgan fingerprint density at radius 3 is 1.77 bits per heavy atom. The Morgan fingerprint density at radius 2 is 1.04 bits per heavy atom. The highest BCUT2D eigenvalue weighted by Crippen LogP contribution is 2.66. The van der Waals surface area contributed by atoms with Gasteiger partial charge in [-0.05, 0) is 142 Å². The summed E-state index contributed by atoms with van der Waals surface area (Å²) in [5.41, 5.74) is 18.1. The van der Waals surface area contributed by atoms with Gasteiger partial charge in [0.25, 0.3) is 0 Å². The third-order valence-corrected chi connectivity index (χ3v) is 13.7. The molecular weight excluding hydrogens is 689 g/mol. The number of benzene rings is 8. The zero-order valence-corrected chi connectivity index (χ0v) is 31.9. The first-order valence-electron chi connectivity index (χ1n) is 20.6. The molecule has 272 valence electrons. The van der Waals surface area contributed by atoms with Gasteiger partial charge in [0.2, 0.25) is 0 Å². The Hall–Kier alpha value is -6.64. The van der Waals surface area contributed by atoms with Gasteiger partial charge in [0.05, 0.1) is 11.0 Å². The maximum atomic E-state index is 2.49. The second kappa shape index (κ2) is 12.7. The Balaban J connectivity index is 0.967. The lowest BCUT2D eigenvalue weighted by molar-refractivity contribution is 0.327. The van der Waals surface area contributed by atoms with E-state index < -0.39 is 0 Å². The number of hydrogen-bond donors (Lipinski definition) is 0. The maximum Gasteiger partial charge on any atom is 0.0541 e. The van der Waals surface area contributed by atoms with Gasteiger partial charge in [-0.3, -0.25) is 0 Å². The van der Waals surface area contributed by atoms with Gasteiger partial charge in [-0.15, -0.1) is 0 Å². The third-order valence-electron chi connectivity index (χ3n) is 13.7. The Labute approximate surface area is 334 Å². The monoisotopic (exact) mass is 730 g/mol. The standard InChI is InChI=1S/C55H42N2/c1-3-11-38(12-4-1)39-20-26-44(27-21-39)56(46-30-31-52-49(35-46)47-15-7-9-17-51(47)55(52)36-37-19-25-42(55)33-37)45-28-22-40(23-29-45)41-24-32-54-50(34-41)48-16-8-10-18-53(48)57(54)43-13-5-2-6-14-43/h1-18,20-24,26-32,34-35,37,42H,19,25,33,36H2. The lowest BCUT2D eigenvalue weighted by Gasteiger charge is -2.36. The average molecular weight is 731 g/mol. The van der Waals surface area contributed by atoms with Gasteiger partial charge < -0.3 is 9.47 Å². The highest BCUT2D eigenvalue weighted by Gasteiger charge is 2.56. The van der Waals surface area contributed by atoms with Crippen LogP contribution in [0.3, 0.4) is 0 Å². The average Bonchev–Trinajstić information content (AvgIpc) is 4.05. The minimum absolute atomic E-state index is 0.172. The highest BCUT2D eigenvalue weighted by molar-refractivity contribution is 6.10. The number of nitrogens with zero attached hydrogens (tertiary/aromatic N) is 2. The molecule has 3 atom stereocenters. The van der Waals surface area contributed by atoms with E-state index in [2.05, 4.69) is 204 Å². The topological polar surface area (TPSA) is 8.17 Å². The molecule has 0 saturated heterocycles. The number of para-hydroxylation sites is 2. The molecule has 12 rings (SSSR count). The fourth-order valence-corrected chi connectivity index (χ4v) is 11.2. The van der Waals surface area contributed by atoms with Crippen molar-refractivity contribution < 1.29 is 0 Å². The van der Waals surface area contributed by atoms with Gasteiger partial charge in [-0.1, -0.05) is 134 Å². The molecule has 3 aliphatic rings. The summed E-state index contributed by atoms with van der Waals surface area (Å²) in [6, 6.07) is 72.0. The molecule has 0 N–H and O–H groups in total. The van der Waals surface area contributed by atoms with Gasteiger partial charge in [0.1, 0.15) is 0 Å². The zero-order valence-electron chi connectivity index (χ0n) is 31.9. The van der Waals surface area contributed by atoms with E-state index in [9.17, 15) is 0 Å². The van der Waals surface area contributed by atoms with Gasteiger partial charge in [0, 0.05) is 38.9 Å². The quantitative estimate of drug-likeness (QED) is 0.165. The molecule has 8 aromatic carbocycles. The number of rotatable bonds is 6. The van der Waals surface area contributed by atoms with Crippen LogP contribution >= 0.6 is 0 Å². The minimum Gasteiger partial charge on any atom is -0.310 e. The molecule has 3 unspecified atom stereocenters. The first-order valence-corrected chi connectivity index (χ1v) is 20.6. The fraction of sp³-hybridized carbons (Fsp3) is 0.127. The maximum absolute atomic E-state index is 2.49. The molecule has 57 heavy (non-hydrogen) atoms. The van der Waals surface area contributed by atoms with Crippen molar-refractivity contribution in [1.29, 1.82) is 0 Å². The Kier molecular flexibility index (Phi) is 7.26. The van der Waals surface area contributed by atoms with Crippen molar-refractivity contribution in [3.63, 3.8) is 0 Å². The largest absolute Gasteiger partial charge is 0.310 e. The normalized spacial score (nSPS) is 19.0. The van der Waals surface area contributed by atoms with Crippen LogP contribution in [0.2, 0.25) is 0 Å². The van der Waals surface area contributed by atoms with Crippen LogP contribution in [0.25, 0.3) is 60.9 Å². The van der Waals surface area contributed by atoms with Crippen molar-refractivity contribution >= 4 is 38.9 Å². The number of fused-ring (bicyclic) bond motifs is 11. The SMILES string of the molecule is c1ccc(-c2ccc(N(c3ccc(-c4ccc5c(c4)c4ccccc4n5-c4ccccc4)cc3)c3ccc4c(c3)-c3ccccc3C43CC4CCC3C4)cc2)cc1. The minimum atomic E-state index is 0.172. The molecule has 1 spiro atoms. The summed E-state index contributed by atoms with van der Waals surface area (Å²) in [6.07, 6.45) is 5.43. The van der Waals surface area contributed by atoms with E-state index in [1.165, 1.54) is 92.2 Å². The zero-order chi connectivity index (χ0) is 37.5. The van der Waals surface area contributed by atoms with Crippen LogP contribution in [-0.2, 0) is 5.41 Å². The van der Waals surface area contributed by atoms with E-state index in [1.807, 2.05) is 0 Å². The molecule has 1 aromatic heterocycles. The molecule has 2 fully saturated rings. The summed E-state index contributed by atoms with van der Waals surface area (Å²) in [5.74, 6) is 1.61. The van der Waals surface area contributed by atoms with E-state index in [0.717, 1.165) is 23.2 Å². The Morgan fingerprint density at radius 1 is 0.439 bits per heavy atom. The summed E-state index contributed by atoms with van der Waals surface area (Å²) < 4.78 is 2.38. The second-order valence-corrected chi connectivity index (χ2v) is 16.5. The van der Waals surface area contributed by atoms with Crippen molar-refractivity contribution in [2.75, 3.05) is 4.90 Å². The summed E-state index contributed by atoms with van der Waals surface area (Å²) in [6.45, 7) is 0. The van der Waals surface area contributed by atoms with E-state index in [1.54, 1.807) is 11.1 Å². The van der Waals surface area contributed by atoms with E-state index in [0.29, 0.717) is 0 Å². The van der Waals surface area contributed by atoms with Crippen LogP contribution in [-0.4, -0.2) is 4.57 Å². The Bertz CT molecular complexity index is 2960. The molecule has 2 bridgehead atoms. The van der Waals surface area contributed by atoms with Gasteiger partial charge >= 0.3 is 0 Å². The number of hydrogen-bond acceptors (Lipinski definition) is 1. The molecule has 1 heterocycles. The second-order valence-electron chi connectivity index (χ2n) is 16.5. The van der Waals surface area contributed by atoms with Crippen molar-refractivity contribution in [2.45, 2.75) is 31.1 Å². The molecule has 9 aromatic rings. The van der Waals surface area contributed by atoms with Crippen molar-refractivity contribution in [3.8, 4) is 39.1 Å². The van der Waals surface area contributed by atoms with Crippen LogP contribution in [0.15, 0.2) is 194 Å². The van der Waals surface area contributed by atoms with Crippen LogP contribution in [0.1, 0.15) is 36.8 Å². The molecule has 0 amide bonds. The van der Waals surface area contributed by atoms with Gasteiger partial charge in [-0.25, -0.2) is 0 Å². The number of anilines is 3. The van der Waals surface area contributed by atoms with Crippen molar-refractivity contribution in [3.05, 3.63) is 205 Å². The molecular formula is C55H42N2. The number of aromatic nitrogens is 1. The predicted molar refractivity (Wildman–Crippen MR) is 238 cm³/mol. The van der Waals surface area contributed by atoms with Gasteiger partial charge in [0.15, 0.2) is 0 Å². The molecule has 2 saturated carbocycles. The summed E-state index contributed by atoms with van der Waals surface area (Å²) in [4.78, 5) is 2.45. The van der Waals surface area contributed by atoms with E-state index in [4.69, 9.17) is 0 Å². The molecule has 0 aliphatic heterocycles. The van der Waals surface area contributed by atoms with Gasteiger partial charge in [-0.2, -0.15) is 0 Å². The van der Waals surface area contributed by atoms with Crippen LogP contribution in [0, 0.1) is 11.8 Å². The lowest BCUT2D eigenvalue weighted by Crippen LogP contribution is -2.31. The third kappa shape index (κ3) is 4.96. The first-order chi connectivity index (χ1) is 28.2. The molecule has 3 aliphatic carbocycles. The van der Waals surface area contributed by atoms with E-state index in [-0.39, 0.29) is 5.41 Å². The molecule has 2 heteroatoms. The van der Waals surface area contributed by atoms with E-state index >= 15 is 0 Å². The van der Waals surface area contributed by atoms with Crippen LogP contribution < -0.4 is 4.90 Å². The van der Waals surface area contributed by atoms with Crippen LogP contribution in [0.4, 0.5) is 17.1 Å². The molecule has 0 radical (unpaired) electrons. The highest BCUT2D eigenvalue weighted by atomic mass is 15.1. The van der Waals surface area contributed by atoms with Crippen LogP contribution in [0.5, 0.6) is 0 Å². The molecule has 2 nitrogen and oxygen atoms in total. The lowest BCUT2D eigenvalue weighted by atomic mass is 9.67. The summed E-state index contributed by atoms with van der Waals surface area (Å²) >= 11 is 0. The smallest absolute Gasteiger partial charge is 0.0541 e. The fourth-order valence-electron chi connectivity index (χ4n) is 11.2. The first kappa shape index (κ1) is 32.6. The van der Waals surface area contributed by atoms with Crippen molar-refractivity contribution in [1.82, 2.24) is 4.57 Å².